The van der Waals surface area contributed by atoms with Gasteiger partial charge in [0.15, 0.2) is 0 Å². The van der Waals surface area contributed by atoms with Crippen LogP contribution in [0.25, 0.3) is 0 Å². The molecule has 0 radical (unpaired) electrons. The van der Waals surface area contributed by atoms with Crippen molar-refractivity contribution in [2.24, 2.45) is 5.92 Å². The second-order valence-electron chi connectivity index (χ2n) is 5.98. The van der Waals surface area contributed by atoms with Gasteiger partial charge < -0.3 is 15.1 Å². The maximum atomic E-state index is 12.8. The van der Waals surface area contributed by atoms with E-state index in [2.05, 4.69) is 17.1 Å². The normalized spacial score (nSPS) is 26.6. The predicted molar refractivity (Wildman–Crippen MR) is 78.3 cm³/mol. The third kappa shape index (κ3) is 3.51. The second-order valence-corrected chi connectivity index (χ2v) is 5.98. The molecular formula is C15H27N3O2. The van der Waals surface area contributed by atoms with E-state index in [1.165, 1.54) is 0 Å². The first-order chi connectivity index (χ1) is 9.63. The van der Waals surface area contributed by atoms with E-state index in [1.54, 1.807) is 6.92 Å². The van der Waals surface area contributed by atoms with E-state index in [4.69, 9.17) is 0 Å². The van der Waals surface area contributed by atoms with E-state index in [1.807, 2.05) is 4.90 Å². The SMILES string of the molecule is CCCN(C(=O)C1CCCN(C(C)=O)C1)C1CCNC1. The molecule has 2 saturated heterocycles. The molecule has 2 rings (SSSR count). The summed E-state index contributed by atoms with van der Waals surface area (Å²) in [6, 6.07) is 0.343. The Morgan fingerprint density at radius 1 is 1.35 bits per heavy atom. The van der Waals surface area contributed by atoms with Gasteiger partial charge in [0.05, 0.1) is 5.92 Å². The zero-order chi connectivity index (χ0) is 14.5. The smallest absolute Gasteiger partial charge is 0.227 e. The minimum Gasteiger partial charge on any atom is -0.342 e. The zero-order valence-corrected chi connectivity index (χ0v) is 12.7. The summed E-state index contributed by atoms with van der Waals surface area (Å²) in [5.74, 6) is 0.346. The van der Waals surface area contributed by atoms with Gasteiger partial charge in [-0.25, -0.2) is 0 Å². The van der Waals surface area contributed by atoms with Crippen LogP contribution in [0.1, 0.15) is 39.5 Å². The molecular weight excluding hydrogens is 254 g/mol. The molecule has 2 unspecified atom stereocenters. The Hall–Kier alpha value is -1.10. The summed E-state index contributed by atoms with van der Waals surface area (Å²) in [5.41, 5.74) is 0. The van der Waals surface area contributed by atoms with Crippen LogP contribution in [0.3, 0.4) is 0 Å². The van der Waals surface area contributed by atoms with Gasteiger partial charge in [-0.1, -0.05) is 6.92 Å². The average molecular weight is 281 g/mol. The minimum atomic E-state index is -0.000185. The summed E-state index contributed by atoms with van der Waals surface area (Å²) in [4.78, 5) is 28.2. The van der Waals surface area contributed by atoms with Crippen LogP contribution in [-0.4, -0.2) is 60.4 Å². The molecule has 1 N–H and O–H groups in total. The highest BCUT2D eigenvalue weighted by atomic mass is 16.2. The van der Waals surface area contributed by atoms with Crippen molar-refractivity contribution in [2.45, 2.75) is 45.6 Å². The predicted octanol–water partition coefficient (Wildman–Crippen LogP) is 0.845. The minimum absolute atomic E-state index is 0.000185. The molecule has 2 fully saturated rings. The molecule has 2 aliphatic heterocycles. The van der Waals surface area contributed by atoms with Crippen LogP contribution in [0.15, 0.2) is 0 Å². The van der Waals surface area contributed by atoms with Crippen molar-refractivity contribution in [3.8, 4) is 0 Å². The van der Waals surface area contributed by atoms with Crippen LogP contribution in [-0.2, 0) is 9.59 Å². The van der Waals surface area contributed by atoms with E-state index in [9.17, 15) is 9.59 Å². The maximum Gasteiger partial charge on any atom is 0.227 e. The van der Waals surface area contributed by atoms with Crippen LogP contribution in [0.2, 0.25) is 0 Å². The van der Waals surface area contributed by atoms with Gasteiger partial charge in [0, 0.05) is 39.1 Å². The Bertz CT molecular complexity index is 353. The molecule has 5 heteroatoms. The fourth-order valence-electron chi connectivity index (χ4n) is 3.32. The zero-order valence-electron chi connectivity index (χ0n) is 12.7. The maximum absolute atomic E-state index is 12.8. The Kier molecular flexibility index (Phi) is 5.40. The van der Waals surface area contributed by atoms with E-state index in [0.29, 0.717) is 12.6 Å². The monoisotopic (exact) mass is 281 g/mol. The molecule has 0 aromatic heterocycles. The molecule has 2 aliphatic rings. The molecule has 2 amide bonds. The number of nitrogens with one attached hydrogen (secondary N) is 1. The lowest BCUT2D eigenvalue weighted by Crippen LogP contribution is -2.50. The lowest BCUT2D eigenvalue weighted by Gasteiger charge is -2.36. The first kappa shape index (κ1) is 15.3. The second kappa shape index (κ2) is 7.07. The molecule has 0 aromatic carbocycles. The Labute approximate surface area is 121 Å². The van der Waals surface area contributed by atoms with Gasteiger partial charge in [-0.05, 0) is 32.2 Å². The van der Waals surface area contributed by atoms with Crippen molar-refractivity contribution in [1.82, 2.24) is 15.1 Å². The van der Waals surface area contributed by atoms with Crippen molar-refractivity contribution in [3.63, 3.8) is 0 Å². The highest BCUT2D eigenvalue weighted by molar-refractivity contribution is 5.81. The highest BCUT2D eigenvalue weighted by Gasteiger charge is 2.33. The number of nitrogens with zero attached hydrogens (tertiary/aromatic N) is 2. The van der Waals surface area contributed by atoms with Crippen molar-refractivity contribution in [3.05, 3.63) is 0 Å². The molecule has 0 spiro atoms. The van der Waals surface area contributed by atoms with Gasteiger partial charge >= 0.3 is 0 Å². The first-order valence-electron chi connectivity index (χ1n) is 7.90. The number of hydrogen-bond acceptors (Lipinski definition) is 3. The van der Waals surface area contributed by atoms with Gasteiger partial charge in [-0.2, -0.15) is 0 Å². The van der Waals surface area contributed by atoms with Crippen molar-refractivity contribution in [2.75, 3.05) is 32.7 Å². The van der Waals surface area contributed by atoms with Gasteiger partial charge in [0.25, 0.3) is 0 Å². The summed E-state index contributed by atoms with van der Waals surface area (Å²) >= 11 is 0. The Morgan fingerprint density at radius 3 is 2.75 bits per heavy atom. The molecule has 0 aliphatic carbocycles. The van der Waals surface area contributed by atoms with Crippen LogP contribution < -0.4 is 5.32 Å². The Balaban J connectivity index is 2.00. The van der Waals surface area contributed by atoms with Gasteiger partial charge in [-0.15, -0.1) is 0 Å². The first-order valence-corrected chi connectivity index (χ1v) is 7.90. The fraction of sp³-hybridized carbons (Fsp3) is 0.867. The number of carbonyl (C=O) groups is 2. The summed E-state index contributed by atoms with van der Waals surface area (Å²) in [6.07, 6.45) is 3.90. The average Bonchev–Trinajstić information content (AvgIpc) is 2.98. The van der Waals surface area contributed by atoms with E-state index < -0.39 is 0 Å². The fourth-order valence-corrected chi connectivity index (χ4v) is 3.32. The molecule has 0 saturated carbocycles. The molecule has 2 heterocycles. The number of hydrogen-bond donors (Lipinski definition) is 1. The summed E-state index contributed by atoms with van der Waals surface area (Å²) in [6.45, 7) is 7.87. The lowest BCUT2D eigenvalue weighted by atomic mass is 9.95. The third-order valence-corrected chi connectivity index (χ3v) is 4.44. The highest BCUT2D eigenvalue weighted by Crippen LogP contribution is 2.21. The number of likely N-dealkylation sites (tertiary alicyclic amines) is 1. The third-order valence-electron chi connectivity index (χ3n) is 4.44. The van der Waals surface area contributed by atoms with Crippen molar-refractivity contribution in [1.29, 1.82) is 0 Å². The quantitative estimate of drug-likeness (QED) is 0.831. The lowest BCUT2D eigenvalue weighted by molar-refractivity contribution is -0.141. The van der Waals surface area contributed by atoms with Crippen molar-refractivity contribution < 1.29 is 9.59 Å². The van der Waals surface area contributed by atoms with Crippen LogP contribution >= 0.6 is 0 Å². The summed E-state index contributed by atoms with van der Waals surface area (Å²) in [5, 5.41) is 3.34. The topological polar surface area (TPSA) is 52.7 Å². The van der Waals surface area contributed by atoms with E-state index >= 15 is 0 Å². The molecule has 0 bridgehead atoms. The standard InChI is InChI=1S/C15H27N3O2/c1-3-8-18(14-6-7-16-10-14)15(20)13-5-4-9-17(11-13)12(2)19/h13-14,16H,3-11H2,1-2H3. The summed E-state index contributed by atoms with van der Waals surface area (Å²) < 4.78 is 0. The molecule has 0 aromatic rings. The Morgan fingerprint density at radius 2 is 2.15 bits per heavy atom. The van der Waals surface area contributed by atoms with Crippen LogP contribution in [0, 0.1) is 5.92 Å². The van der Waals surface area contributed by atoms with Gasteiger partial charge in [-0.3, -0.25) is 9.59 Å². The molecule has 5 nitrogen and oxygen atoms in total. The van der Waals surface area contributed by atoms with Crippen LogP contribution in [0.4, 0.5) is 0 Å². The molecule has 114 valence electrons. The summed E-state index contributed by atoms with van der Waals surface area (Å²) in [7, 11) is 0. The van der Waals surface area contributed by atoms with Gasteiger partial charge in [0.1, 0.15) is 0 Å². The number of carbonyl (C=O) groups excluding carboxylic acids is 2. The largest absolute Gasteiger partial charge is 0.342 e. The van der Waals surface area contributed by atoms with Gasteiger partial charge in [0.2, 0.25) is 11.8 Å². The number of piperidine rings is 1. The van der Waals surface area contributed by atoms with E-state index in [-0.39, 0.29) is 17.7 Å². The molecule has 2 atom stereocenters. The van der Waals surface area contributed by atoms with Crippen LogP contribution in [0.5, 0.6) is 0 Å². The van der Waals surface area contributed by atoms with E-state index in [0.717, 1.165) is 51.9 Å². The number of amides is 2. The molecule has 20 heavy (non-hydrogen) atoms. The van der Waals surface area contributed by atoms with Crippen molar-refractivity contribution >= 4 is 11.8 Å². The number of rotatable bonds is 4.